The summed E-state index contributed by atoms with van der Waals surface area (Å²) in [5, 5.41) is 7.54. The van der Waals surface area contributed by atoms with Crippen LogP contribution in [-0.2, 0) is 4.74 Å². The molecule has 2 aliphatic rings. The number of rotatable bonds is 3. The van der Waals surface area contributed by atoms with Crippen LogP contribution in [0.15, 0.2) is 28.7 Å². The van der Waals surface area contributed by atoms with Crippen molar-refractivity contribution in [1.29, 1.82) is 5.41 Å². The number of benzene rings is 1. The van der Waals surface area contributed by atoms with Gasteiger partial charge in [-0.2, -0.15) is 0 Å². The third-order valence-corrected chi connectivity index (χ3v) is 5.77. The zero-order valence-electron chi connectivity index (χ0n) is 13.1. The fourth-order valence-electron chi connectivity index (χ4n) is 3.49. The van der Waals surface area contributed by atoms with Gasteiger partial charge in [0.1, 0.15) is 11.4 Å². The van der Waals surface area contributed by atoms with Crippen LogP contribution in [0.3, 0.4) is 0 Å². The monoisotopic (exact) mass is 396 g/mol. The van der Waals surface area contributed by atoms with Gasteiger partial charge in [0, 0.05) is 28.5 Å². The van der Waals surface area contributed by atoms with Gasteiger partial charge in [-0.25, -0.2) is 0 Å². The average Bonchev–Trinajstić information content (AvgIpc) is 2.81. The van der Waals surface area contributed by atoms with Gasteiger partial charge in [-0.15, -0.1) is 0 Å². The van der Waals surface area contributed by atoms with Crippen LogP contribution < -0.4 is 10.5 Å². The van der Waals surface area contributed by atoms with Crippen LogP contribution in [0.5, 0.6) is 5.75 Å². The fourth-order valence-corrected chi connectivity index (χ4v) is 4.28. The average molecular weight is 397 g/mol. The molecular formula is C17H21BrN2O2S. The number of nitrogens with two attached hydrogens (primary N) is 1. The highest BCUT2D eigenvalue weighted by Crippen LogP contribution is 2.51. The molecule has 0 radical (unpaired) electrons. The second kappa shape index (κ2) is 6.87. The van der Waals surface area contributed by atoms with Crippen molar-refractivity contribution in [2.75, 3.05) is 12.9 Å². The molecule has 1 aromatic carbocycles. The predicted octanol–water partition coefficient (Wildman–Crippen LogP) is 4.18. The highest BCUT2D eigenvalue weighted by Gasteiger charge is 2.46. The number of nitrogens with one attached hydrogen (secondary N) is 1. The number of ether oxygens (including phenoxy) is 2. The second-order valence-corrected chi connectivity index (χ2v) is 7.94. The molecule has 0 aromatic heterocycles. The number of hydrogen-bond donors (Lipinski definition) is 2. The normalized spacial score (nSPS) is 27.9. The number of fused-ring (bicyclic) bond motifs is 1. The summed E-state index contributed by atoms with van der Waals surface area (Å²) in [4.78, 5) is 0. The van der Waals surface area contributed by atoms with Crippen molar-refractivity contribution in [2.45, 2.75) is 37.4 Å². The lowest BCUT2D eigenvalue weighted by molar-refractivity contribution is 0.0105. The molecule has 4 nitrogen and oxygen atoms in total. The van der Waals surface area contributed by atoms with Crippen molar-refractivity contribution >= 4 is 38.4 Å². The van der Waals surface area contributed by atoms with E-state index >= 15 is 0 Å². The SMILES string of the molecule is COC1CCC2(CC1)Oc1ccc(Br)cc1C2=CCSC(=N)N. The molecule has 6 heteroatoms. The van der Waals surface area contributed by atoms with E-state index in [0.717, 1.165) is 41.5 Å². The van der Waals surface area contributed by atoms with E-state index in [0.29, 0.717) is 11.9 Å². The molecule has 1 spiro atoms. The largest absolute Gasteiger partial charge is 0.482 e. The van der Waals surface area contributed by atoms with E-state index in [-0.39, 0.29) is 10.8 Å². The molecule has 1 aliphatic carbocycles. The number of amidine groups is 1. The second-order valence-electron chi connectivity index (χ2n) is 5.96. The first-order chi connectivity index (χ1) is 11.0. The zero-order valence-corrected chi connectivity index (χ0v) is 15.5. The van der Waals surface area contributed by atoms with Gasteiger partial charge in [0.2, 0.25) is 0 Å². The molecule has 0 bridgehead atoms. The van der Waals surface area contributed by atoms with E-state index in [9.17, 15) is 0 Å². The lowest BCUT2D eigenvalue weighted by Crippen LogP contribution is -2.39. The third kappa shape index (κ3) is 3.44. The van der Waals surface area contributed by atoms with E-state index in [1.165, 1.54) is 17.3 Å². The molecule has 1 fully saturated rings. The first-order valence-corrected chi connectivity index (χ1v) is 9.51. The van der Waals surface area contributed by atoms with E-state index < -0.39 is 0 Å². The molecule has 1 heterocycles. The van der Waals surface area contributed by atoms with Crippen molar-refractivity contribution in [2.24, 2.45) is 5.73 Å². The van der Waals surface area contributed by atoms with E-state index in [1.54, 1.807) is 7.11 Å². The van der Waals surface area contributed by atoms with Gasteiger partial charge in [0.05, 0.1) is 6.10 Å². The number of halogens is 1. The molecule has 1 aromatic rings. The minimum Gasteiger partial charge on any atom is -0.482 e. The van der Waals surface area contributed by atoms with Crippen LogP contribution in [0.2, 0.25) is 0 Å². The maximum absolute atomic E-state index is 7.39. The summed E-state index contributed by atoms with van der Waals surface area (Å²) in [5.41, 5.74) is 7.60. The zero-order chi connectivity index (χ0) is 16.4. The summed E-state index contributed by atoms with van der Waals surface area (Å²) < 4.78 is 13.0. The summed E-state index contributed by atoms with van der Waals surface area (Å²) >= 11 is 4.90. The van der Waals surface area contributed by atoms with Crippen molar-refractivity contribution in [3.05, 3.63) is 34.3 Å². The number of hydrogen-bond acceptors (Lipinski definition) is 4. The van der Waals surface area contributed by atoms with E-state index in [4.69, 9.17) is 20.6 Å². The van der Waals surface area contributed by atoms with E-state index in [1.807, 2.05) is 12.1 Å². The molecule has 1 aliphatic heterocycles. The maximum atomic E-state index is 7.39. The lowest BCUT2D eigenvalue weighted by atomic mass is 9.77. The molecule has 0 unspecified atom stereocenters. The van der Waals surface area contributed by atoms with Gasteiger partial charge in [-0.1, -0.05) is 33.8 Å². The van der Waals surface area contributed by atoms with Crippen molar-refractivity contribution in [3.63, 3.8) is 0 Å². The molecule has 23 heavy (non-hydrogen) atoms. The quantitative estimate of drug-likeness (QED) is 0.593. The number of thioether (sulfide) groups is 1. The molecule has 1 saturated carbocycles. The van der Waals surface area contributed by atoms with Gasteiger partial charge in [0.15, 0.2) is 5.17 Å². The first kappa shape index (κ1) is 16.9. The van der Waals surface area contributed by atoms with Crippen LogP contribution in [0.1, 0.15) is 31.2 Å². The van der Waals surface area contributed by atoms with E-state index in [2.05, 4.69) is 28.1 Å². The topological polar surface area (TPSA) is 68.3 Å². The Morgan fingerprint density at radius 1 is 1.52 bits per heavy atom. The lowest BCUT2D eigenvalue weighted by Gasteiger charge is -2.37. The Labute approximate surface area is 149 Å². The van der Waals surface area contributed by atoms with Gasteiger partial charge < -0.3 is 15.2 Å². The first-order valence-electron chi connectivity index (χ1n) is 7.73. The molecule has 3 rings (SSSR count). The summed E-state index contributed by atoms with van der Waals surface area (Å²) in [5.74, 6) is 1.64. The molecule has 124 valence electrons. The third-order valence-electron chi connectivity index (χ3n) is 4.63. The Bertz CT molecular complexity index is 639. The Balaban J connectivity index is 1.91. The van der Waals surface area contributed by atoms with Crippen LogP contribution in [0.4, 0.5) is 0 Å². The van der Waals surface area contributed by atoms with Gasteiger partial charge in [0.25, 0.3) is 0 Å². The van der Waals surface area contributed by atoms with Gasteiger partial charge >= 0.3 is 0 Å². The van der Waals surface area contributed by atoms with Gasteiger partial charge in [-0.05, 0) is 43.9 Å². The maximum Gasteiger partial charge on any atom is 0.151 e. The van der Waals surface area contributed by atoms with Crippen LogP contribution in [-0.4, -0.2) is 29.7 Å². The van der Waals surface area contributed by atoms with Crippen molar-refractivity contribution in [3.8, 4) is 5.75 Å². The summed E-state index contributed by atoms with van der Waals surface area (Å²) in [6.45, 7) is 0. The highest BCUT2D eigenvalue weighted by molar-refractivity contribution is 9.10. The molecular weight excluding hydrogens is 376 g/mol. The van der Waals surface area contributed by atoms with Crippen molar-refractivity contribution in [1.82, 2.24) is 0 Å². The fraction of sp³-hybridized carbons (Fsp3) is 0.471. The molecule has 0 atom stereocenters. The standard InChI is InChI=1S/C17H21BrN2O2S/c1-21-12-4-7-17(8-5-12)14(6-9-23-16(19)20)13-10-11(18)2-3-15(13)22-17/h2-3,6,10,12H,4-5,7-9H2,1H3,(H3,19,20). The smallest absolute Gasteiger partial charge is 0.151 e. The Morgan fingerprint density at radius 2 is 2.26 bits per heavy atom. The Kier molecular flexibility index (Phi) is 5.04. The molecule has 3 N–H and O–H groups in total. The number of methoxy groups -OCH3 is 1. The van der Waals surface area contributed by atoms with Crippen LogP contribution in [0.25, 0.3) is 5.57 Å². The van der Waals surface area contributed by atoms with Crippen LogP contribution >= 0.6 is 27.7 Å². The van der Waals surface area contributed by atoms with Crippen LogP contribution in [0, 0.1) is 5.41 Å². The summed E-state index contributed by atoms with van der Waals surface area (Å²) in [7, 11) is 1.78. The molecule has 0 amide bonds. The van der Waals surface area contributed by atoms with Gasteiger partial charge in [-0.3, -0.25) is 5.41 Å². The minimum absolute atomic E-state index is 0.146. The summed E-state index contributed by atoms with van der Waals surface area (Å²) in [6.07, 6.45) is 6.42. The molecule has 0 saturated heterocycles. The minimum atomic E-state index is -0.254. The Morgan fingerprint density at radius 3 is 2.91 bits per heavy atom. The predicted molar refractivity (Wildman–Crippen MR) is 99.1 cm³/mol. The highest BCUT2D eigenvalue weighted by atomic mass is 79.9. The summed E-state index contributed by atoms with van der Waals surface area (Å²) in [6, 6.07) is 6.17. The van der Waals surface area contributed by atoms with Crippen molar-refractivity contribution < 1.29 is 9.47 Å². The Hall–Kier alpha value is -0.980.